The van der Waals surface area contributed by atoms with E-state index in [-0.39, 0.29) is 0 Å². The van der Waals surface area contributed by atoms with Crippen LogP contribution in [0.25, 0.3) is 0 Å². The van der Waals surface area contributed by atoms with E-state index in [0.29, 0.717) is 5.92 Å². The normalized spacial score (nSPS) is 12.2. The second kappa shape index (κ2) is 6.22. The van der Waals surface area contributed by atoms with Crippen molar-refractivity contribution in [3.05, 3.63) is 36.2 Å². The maximum Gasteiger partial charge on any atom is 0.120 e. The molecule has 19 heavy (non-hydrogen) atoms. The zero-order chi connectivity index (χ0) is 13.7. The number of anilines is 1. The Labute approximate surface area is 113 Å². The largest absolute Gasteiger partial charge is 0.497 e. The third kappa shape index (κ3) is 3.24. The van der Waals surface area contributed by atoms with E-state index in [0.717, 1.165) is 30.2 Å². The van der Waals surface area contributed by atoms with Crippen LogP contribution < -0.4 is 9.64 Å². The molecule has 0 aliphatic rings. The lowest BCUT2D eigenvalue weighted by molar-refractivity contribution is 0.414. The van der Waals surface area contributed by atoms with E-state index in [1.807, 2.05) is 18.3 Å². The first kappa shape index (κ1) is 13.4. The molecule has 2 aromatic rings. The highest BCUT2D eigenvalue weighted by molar-refractivity contribution is 5.50. The van der Waals surface area contributed by atoms with Gasteiger partial charge in [0, 0.05) is 37.0 Å². The molecule has 0 saturated carbocycles. The van der Waals surface area contributed by atoms with Gasteiger partial charge < -0.3 is 9.64 Å². The summed E-state index contributed by atoms with van der Waals surface area (Å²) in [5.41, 5.74) is 2.15. The highest BCUT2D eigenvalue weighted by Gasteiger charge is 2.14. The van der Waals surface area contributed by atoms with Gasteiger partial charge in [0.05, 0.1) is 12.8 Å². The topological polar surface area (TPSA) is 54.0 Å². The maximum atomic E-state index is 5.27. The maximum absolute atomic E-state index is 5.27. The molecule has 1 N–H and O–H groups in total. The lowest BCUT2D eigenvalue weighted by Gasteiger charge is -2.26. The molecular formula is C14H20N4O. The Morgan fingerprint density at radius 2 is 2.26 bits per heavy atom. The van der Waals surface area contributed by atoms with Crippen molar-refractivity contribution in [2.24, 2.45) is 0 Å². The minimum Gasteiger partial charge on any atom is -0.497 e. The molecule has 5 nitrogen and oxygen atoms in total. The van der Waals surface area contributed by atoms with Gasteiger partial charge in [-0.25, -0.2) is 0 Å². The highest BCUT2D eigenvalue weighted by atomic mass is 16.5. The molecule has 0 bridgehead atoms. The Kier molecular flexibility index (Phi) is 4.39. The third-order valence-corrected chi connectivity index (χ3v) is 3.23. The molecule has 0 amide bonds. The quantitative estimate of drug-likeness (QED) is 0.866. The van der Waals surface area contributed by atoms with Gasteiger partial charge in [0.2, 0.25) is 0 Å². The fraction of sp³-hybridized carbons (Fsp3) is 0.429. The van der Waals surface area contributed by atoms with Crippen molar-refractivity contribution < 1.29 is 4.74 Å². The number of hydrogen-bond acceptors (Lipinski definition) is 4. The zero-order valence-electron chi connectivity index (χ0n) is 11.6. The minimum absolute atomic E-state index is 0.324. The molecule has 102 valence electrons. The highest BCUT2D eigenvalue weighted by Crippen LogP contribution is 2.23. The summed E-state index contributed by atoms with van der Waals surface area (Å²) >= 11 is 0. The molecular weight excluding hydrogens is 240 g/mol. The van der Waals surface area contributed by atoms with Gasteiger partial charge in [-0.05, 0) is 19.1 Å². The first-order valence-electron chi connectivity index (χ1n) is 6.50. The number of H-pyrrole nitrogens is 1. The molecule has 5 heteroatoms. The second-order valence-corrected chi connectivity index (χ2v) is 4.54. The van der Waals surface area contributed by atoms with Crippen molar-refractivity contribution in [3.63, 3.8) is 0 Å². The van der Waals surface area contributed by atoms with E-state index in [1.165, 1.54) is 0 Å². The monoisotopic (exact) mass is 260 g/mol. The Hall–Kier alpha value is -2.04. The summed E-state index contributed by atoms with van der Waals surface area (Å²) in [6.07, 6.45) is 1.85. The SMILES string of the molecule is CCN(CC(C)c1c[nH]nn1)c1cccc(OC)c1. The molecule has 1 aromatic heterocycles. The molecule has 0 aliphatic carbocycles. The van der Waals surface area contributed by atoms with Gasteiger partial charge in [0.25, 0.3) is 0 Å². The summed E-state index contributed by atoms with van der Waals surface area (Å²) in [6, 6.07) is 8.12. The van der Waals surface area contributed by atoms with Gasteiger partial charge in [0.15, 0.2) is 0 Å². The van der Waals surface area contributed by atoms with Crippen LogP contribution in [-0.2, 0) is 0 Å². The molecule has 2 rings (SSSR count). The third-order valence-electron chi connectivity index (χ3n) is 3.23. The van der Waals surface area contributed by atoms with E-state index in [1.54, 1.807) is 7.11 Å². The average molecular weight is 260 g/mol. The summed E-state index contributed by atoms with van der Waals surface area (Å²) in [5.74, 6) is 1.20. The fourth-order valence-corrected chi connectivity index (χ4v) is 2.10. The Morgan fingerprint density at radius 1 is 1.42 bits per heavy atom. The van der Waals surface area contributed by atoms with Crippen LogP contribution in [-0.4, -0.2) is 35.6 Å². The van der Waals surface area contributed by atoms with Crippen molar-refractivity contribution in [1.82, 2.24) is 15.4 Å². The summed E-state index contributed by atoms with van der Waals surface area (Å²) in [7, 11) is 1.69. The summed E-state index contributed by atoms with van der Waals surface area (Å²) < 4.78 is 5.27. The number of methoxy groups -OCH3 is 1. The molecule has 1 aromatic carbocycles. The molecule has 0 aliphatic heterocycles. The molecule has 0 radical (unpaired) electrons. The average Bonchev–Trinajstić information content (AvgIpc) is 2.98. The lowest BCUT2D eigenvalue weighted by Crippen LogP contribution is -2.27. The van der Waals surface area contributed by atoms with Gasteiger partial charge in [-0.1, -0.05) is 18.2 Å². The van der Waals surface area contributed by atoms with Crippen LogP contribution in [0.2, 0.25) is 0 Å². The van der Waals surface area contributed by atoms with Crippen LogP contribution in [0.5, 0.6) is 5.75 Å². The fourth-order valence-electron chi connectivity index (χ4n) is 2.10. The molecule has 0 saturated heterocycles. The van der Waals surface area contributed by atoms with Gasteiger partial charge in [-0.2, -0.15) is 0 Å². The molecule has 1 atom stereocenters. The smallest absolute Gasteiger partial charge is 0.120 e. The van der Waals surface area contributed by atoms with E-state index in [2.05, 4.69) is 46.3 Å². The number of ether oxygens (including phenoxy) is 1. The van der Waals surface area contributed by atoms with E-state index in [4.69, 9.17) is 4.74 Å². The number of nitrogens with zero attached hydrogens (tertiary/aromatic N) is 3. The number of hydrogen-bond donors (Lipinski definition) is 1. The van der Waals surface area contributed by atoms with E-state index >= 15 is 0 Å². The van der Waals surface area contributed by atoms with Crippen LogP contribution in [0, 0.1) is 0 Å². The number of aromatic nitrogens is 3. The van der Waals surface area contributed by atoms with Crippen LogP contribution in [0.4, 0.5) is 5.69 Å². The van der Waals surface area contributed by atoms with Crippen molar-refractivity contribution in [3.8, 4) is 5.75 Å². The van der Waals surface area contributed by atoms with Crippen molar-refractivity contribution in [1.29, 1.82) is 0 Å². The number of benzene rings is 1. The van der Waals surface area contributed by atoms with Crippen molar-refractivity contribution in [2.75, 3.05) is 25.1 Å². The summed E-state index contributed by atoms with van der Waals surface area (Å²) in [5, 5.41) is 10.6. The van der Waals surface area contributed by atoms with E-state index in [9.17, 15) is 0 Å². The Bertz CT molecular complexity index is 498. The molecule has 1 unspecified atom stereocenters. The predicted molar refractivity (Wildman–Crippen MR) is 75.7 cm³/mol. The zero-order valence-corrected chi connectivity index (χ0v) is 11.6. The van der Waals surface area contributed by atoms with Gasteiger partial charge >= 0.3 is 0 Å². The number of nitrogens with one attached hydrogen (secondary N) is 1. The van der Waals surface area contributed by atoms with Crippen LogP contribution in [0.3, 0.4) is 0 Å². The second-order valence-electron chi connectivity index (χ2n) is 4.54. The number of rotatable bonds is 6. The number of aromatic amines is 1. The standard InChI is InChI=1S/C14H20N4O/c1-4-18(10-11(2)14-9-15-17-16-14)12-6-5-7-13(8-12)19-3/h5-9,11H,4,10H2,1-3H3,(H,15,16,17). The Morgan fingerprint density at radius 3 is 2.89 bits per heavy atom. The van der Waals surface area contributed by atoms with Gasteiger partial charge in [-0.15, -0.1) is 5.10 Å². The molecule has 0 spiro atoms. The van der Waals surface area contributed by atoms with Crippen LogP contribution in [0.15, 0.2) is 30.5 Å². The molecule has 1 heterocycles. The summed E-state index contributed by atoms with van der Waals surface area (Å²) in [6.45, 7) is 6.14. The summed E-state index contributed by atoms with van der Waals surface area (Å²) in [4.78, 5) is 2.31. The first-order valence-corrected chi connectivity index (χ1v) is 6.50. The van der Waals surface area contributed by atoms with Gasteiger partial charge in [0.1, 0.15) is 5.75 Å². The van der Waals surface area contributed by atoms with Crippen LogP contribution in [0.1, 0.15) is 25.5 Å². The Balaban J connectivity index is 2.11. The van der Waals surface area contributed by atoms with Crippen molar-refractivity contribution in [2.45, 2.75) is 19.8 Å². The minimum atomic E-state index is 0.324. The first-order chi connectivity index (χ1) is 9.24. The van der Waals surface area contributed by atoms with E-state index < -0.39 is 0 Å². The molecule has 0 fully saturated rings. The lowest BCUT2D eigenvalue weighted by atomic mass is 10.1. The number of likely N-dealkylation sites (N-methyl/N-ethyl adjacent to an activating group) is 1. The van der Waals surface area contributed by atoms with Gasteiger partial charge in [-0.3, -0.25) is 5.10 Å². The van der Waals surface area contributed by atoms with Crippen LogP contribution >= 0.6 is 0 Å². The van der Waals surface area contributed by atoms with Crippen molar-refractivity contribution >= 4 is 5.69 Å². The predicted octanol–water partition coefficient (Wildman–Crippen LogP) is 2.44.